The number of ether oxygens (including phenoxy) is 1. The third kappa shape index (κ3) is 3.71. The number of nitrogens with zero attached hydrogens (tertiary/aromatic N) is 3. The highest BCUT2D eigenvalue weighted by Gasteiger charge is 2.20. The molecule has 7 nitrogen and oxygen atoms in total. The molecule has 0 aliphatic rings. The maximum atomic E-state index is 11.3. The van der Waals surface area contributed by atoms with E-state index in [2.05, 4.69) is 10.4 Å². The molecule has 0 bridgehead atoms. The number of hydrogen-bond donors (Lipinski definition) is 1. The third-order valence-corrected chi connectivity index (χ3v) is 2.87. The Morgan fingerprint density at radius 2 is 2.24 bits per heavy atom. The van der Waals surface area contributed by atoms with Gasteiger partial charge in [-0.25, -0.2) is 0 Å². The van der Waals surface area contributed by atoms with Crippen molar-refractivity contribution in [1.82, 2.24) is 9.78 Å². The third-order valence-electron chi connectivity index (χ3n) is 2.87. The van der Waals surface area contributed by atoms with Gasteiger partial charge in [-0.3, -0.25) is 14.8 Å². The molecule has 0 spiro atoms. The van der Waals surface area contributed by atoms with E-state index >= 15 is 0 Å². The van der Waals surface area contributed by atoms with E-state index in [1.54, 1.807) is 22.9 Å². The second-order valence-electron chi connectivity index (χ2n) is 4.59. The number of aryl methyl sites for hydroxylation is 1. The number of nitrogens with one attached hydrogen (secondary N) is 1. The number of para-hydroxylation sites is 1. The van der Waals surface area contributed by atoms with Crippen LogP contribution in [0.1, 0.15) is 19.0 Å². The largest absolute Gasteiger partial charge is 0.487 e. The Morgan fingerprint density at radius 3 is 2.86 bits per heavy atom. The van der Waals surface area contributed by atoms with Gasteiger partial charge in [-0.2, -0.15) is 5.10 Å². The van der Waals surface area contributed by atoms with E-state index in [-0.39, 0.29) is 11.4 Å². The van der Waals surface area contributed by atoms with Crippen LogP contribution in [-0.2, 0) is 13.6 Å². The Bertz CT molecular complexity index is 624. The first-order valence-corrected chi connectivity index (χ1v) is 6.74. The van der Waals surface area contributed by atoms with E-state index in [0.29, 0.717) is 18.8 Å². The van der Waals surface area contributed by atoms with Crippen LogP contribution in [0.2, 0.25) is 0 Å². The van der Waals surface area contributed by atoms with Crippen LogP contribution in [0.3, 0.4) is 0 Å². The van der Waals surface area contributed by atoms with Crippen LogP contribution in [0.15, 0.2) is 30.5 Å². The molecule has 112 valence electrons. The van der Waals surface area contributed by atoms with Gasteiger partial charge in [-0.15, -0.1) is 0 Å². The van der Waals surface area contributed by atoms with Crippen molar-refractivity contribution < 1.29 is 9.66 Å². The average molecular weight is 290 g/mol. The molecule has 1 aromatic heterocycles. The molecule has 0 fully saturated rings. The molecule has 0 saturated carbocycles. The second kappa shape index (κ2) is 6.74. The van der Waals surface area contributed by atoms with Gasteiger partial charge in [-0.1, -0.05) is 13.0 Å². The van der Waals surface area contributed by atoms with Crippen molar-refractivity contribution in [3.63, 3.8) is 0 Å². The molecule has 0 unspecified atom stereocenters. The standard InChI is InChI=1S/C14H18N4O3/c1-3-9-21-13-6-4-5-12(14(13)18(19)20)15-10-11-7-8-17(2)16-11/h4-8,15H,3,9-10H2,1-2H3. The summed E-state index contributed by atoms with van der Waals surface area (Å²) in [7, 11) is 1.82. The number of anilines is 1. The van der Waals surface area contributed by atoms with Crippen molar-refractivity contribution in [2.45, 2.75) is 19.9 Å². The highest BCUT2D eigenvalue weighted by Crippen LogP contribution is 2.35. The lowest BCUT2D eigenvalue weighted by Gasteiger charge is -2.10. The molecule has 0 saturated heterocycles. The number of nitro groups is 1. The van der Waals surface area contributed by atoms with E-state index in [1.165, 1.54) is 0 Å². The fourth-order valence-corrected chi connectivity index (χ4v) is 1.93. The van der Waals surface area contributed by atoms with E-state index in [9.17, 15) is 10.1 Å². The van der Waals surface area contributed by atoms with Crippen molar-refractivity contribution >= 4 is 11.4 Å². The molecule has 21 heavy (non-hydrogen) atoms. The molecular formula is C14H18N4O3. The summed E-state index contributed by atoms with van der Waals surface area (Å²) in [6.07, 6.45) is 2.62. The quantitative estimate of drug-likeness (QED) is 0.626. The first kappa shape index (κ1) is 14.8. The summed E-state index contributed by atoms with van der Waals surface area (Å²) in [5.41, 5.74) is 1.20. The number of hydrogen-bond acceptors (Lipinski definition) is 5. The Morgan fingerprint density at radius 1 is 1.43 bits per heavy atom. The number of aromatic nitrogens is 2. The van der Waals surface area contributed by atoms with Gasteiger partial charge < -0.3 is 10.1 Å². The van der Waals surface area contributed by atoms with Gasteiger partial charge in [0.05, 0.1) is 23.8 Å². The average Bonchev–Trinajstić information content (AvgIpc) is 2.88. The van der Waals surface area contributed by atoms with E-state index in [1.807, 2.05) is 26.2 Å². The summed E-state index contributed by atoms with van der Waals surface area (Å²) in [5.74, 6) is 0.285. The highest BCUT2D eigenvalue weighted by atomic mass is 16.6. The smallest absolute Gasteiger partial charge is 0.333 e. The van der Waals surface area contributed by atoms with Gasteiger partial charge in [0.1, 0.15) is 5.69 Å². The molecule has 0 radical (unpaired) electrons. The summed E-state index contributed by atoms with van der Waals surface area (Å²) in [4.78, 5) is 10.9. The van der Waals surface area contributed by atoms with Gasteiger partial charge in [0.15, 0.2) is 5.75 Å². The molecule has 2 rings (SSSR count). The molecule has 1 aromatic carbocycles. The lowest BCUT2D eigenvalue weighted by Crippen LogP contribution is -2.06. The van der Waals surface area contributed by atoms with E-state index < -0.39 is 4.92 Å². The van der Waals surface area contributed by atoms with Gasteiger partial charge in [0, 0.05) is 13.2 Å². The summed E-state index contributed by atoms with van der Waals surface area (Å²) >= 11 is 0. The number of nitro benzene ring substituents is 1. The zero-order valence-corrected chi connectivity index (χ0v) is 12.1. The SMILES string of the molecule is CCCOc1cccc(NCc2ccn(C)n2)c1[N+](=O)[O-]. The fraction of sp³-hybridized carbons (Fsp3) is 0.357. The van der Waals surface area contributed by atoms with Crippen LogP contribution in [-0.4, -0.2) is 21.3 Å². The normalized spacial score (nSPS) is 10.4. The lowest BCUT2D eigenvalue weighted by atomic mass is 10.2. The van der Waals surface area contributed by atoms with Crippen molar-refractivity contribution in [1.29, 1.82) is 0 Å². The topological polar surface area (TPSA) is 82.2 Å². The molecular weight excluding hydrogens is 272 g/mol. The van der Waals surface area contributed by atoms with Crippen LogP contribution in [0.5, 0.6) is 5.75 Å². The molecule has 0 amide bonds. The van der Waals surface area contributed by atoms with Gasteiger partial charge in [0.2, 0.25) is 0 Å². The maximum Gasteiger partial charge on any atom is 0.333 e. The Balaban J connectivity index is 2.19. The van der Waals surface area contributed by atoms with Crippen LogP contribution in [0.25, 0.3) is 0 Å². The van der Waals surface area contributed by atoms with E-state index in [4.69, 9.17) is 4.74 Å². The molecule has 0 atom stereocenters. The van der Waals surface area contributed by atoms with Crippen LogP contribution >= 0.6 is 0 Å². The van der Waals surface area contributed by atoms with Crippen molar-refractivity contribution in [2.24, 2.45) is 7.05 Å². The monoisotopic (exact) mass is 290 g/mol. The number of benzene rings is 1. The van der Waals surface area contributed by atoms with Crippen molar-refractivity contribution in [3.05, 3.63) is 46.3 Å². The predicted octanol–water partition coefficient (Wildman–Crippen LogP) is 2.73. The zero-order chi connectivity index (χ0) is 15.2. The highest BCUT2D eigenvalue weighted by molar-refractivity contribution is 5.68. The van der Waals surface area contributed by atoms with Crippen molar-refractivity contribution in [2.75, 3.05) is 11.9 Å². The molecule has 1 N–H and O–H groups in total. The van der Waals surface area contributed by atoms with Crippen LogP contribution < -0.4 is 10.1 Å². The predicted molar refractivity (Wildman–Crippen MR) is 79.4 cm³/mol. The summed E-state index contributed by atoms with van der Waals surface area (Å²) in [6, 6.07) is 6.87. The first-order valence-electron chi connectivity index (χ1n) is 6.74. The minimum atomic E-state index is -0.425. The van der Waals surface area contributed by atoms with Crippen LogP contribution in [0, 0.1) is 10.1 Å². The summed E-state index contributed by atoms with van der Waals surface area (Å²) in [5, 5.41) is 18.6. The molecule has 2 aromatic rings. The molecule has 1 heterocycles. The van der Waals surface area contributed by atoms with Crippen LogP contribution in [0.4, 0.5) is 11.4 Å². The second-order valence-corrected chi connectivity index (χ2v) is 4.59. The maximum absolute atomic E-state index is 11.3. The van der Waals surface area contributed by atoms with Gasteiger partial charge >= 0.3 is 5.69 Å². The Kier molecular flexibility index (Phi) is 4.76. The summed E-state index contributed by atoms with van der Waals surface area (Å²) in [6.45, 7) is 2.82. The van der Waals surface area contributed by atoms with Gasteiger partial charge in [0.25, 0.3) is 0 Å². The minimum Gasteiger partial charge on any atom is -0.487 e. The summed E-state index contributed by atoms with van der Waals surface area (Å²) < 4.78 is 7.13. The first-order chi connectivity index (χ1) is 10.1. The Labute approximate surface area is 122 Å². The molecule has 0 aliphatic heterocycles. The van der Waals surface area contributed by atoms with Gasteiger partial charge in [-0.05, 0) is 24.6 Å². The number of rotatable bonds is 7. The van der Waals surface area contributed by atoms with Crippen molar-refractivity contribution in [3.8, 4) is 5.75 Å². The Hall–Kier alpha value is -2.57. The minimum absolute atomic E-state index is 0.0399. The lowest BCUT2D eigenvalue weighted by molar-refractivity contribution is -0.385. The molecule has 0 aliphatic carbocycles. The zero-order valence-electron chi connectivity index (χ0n) is 12.1. The molecule has 7 heteroatoms. The van der Waals surface area contributed by atoms with E-state index in [0.717, 1.165) is 12.1 Å². The fourth-order valence-electron chi connectivity index (χ4n) is 1.93.